The Kier molecular flexibility index (Phi) is 6.65. The van der Waals surface area contributed by atoms with Gasteiger partial charge in [0.2, 0.25) is 0 Å². The fourth-order valence-electron chi connectivity index (χ4n) is 5.02. The average Bonchev–Trinajstić information content (AvgIpc) is 3.20. The van der Waals surface area contributed by atoms with E-state index in [-0.39, 0.29) is 18.3 Å². The molecule has 1 aliphatic rings. The number of hydrogen-bond donors (Lipinski definition) is 0. The summed E-state index contributed by atoms with van der Waals surface area (Å²) in [5.74, 6) is 0.724. The molecule has 0 saturated carbocycles. The summed E-state index contributed by atoms with van der Waals surface area (Å²) in [4.78, 5) is 10.0. The molecule has 6 rings (SSSR count). The number of hydrogen-bond acceptors (Lipinski definition) is 4. The van der Waals surface area contributed by atoms with E-state index >= 15 is 0 Å². The standard InChI is InChI=1S/C35H33BN2O2/c1-24-31(27-12-8-6-9-13-27)37-33(29-14-10-7-11-15-29)38-32(24)28-18-16-25(17-19-28)26-20-22-30(23-21-26)36-39-34(2,3)35(4,5)40-36/h6-23H,1-5H3. The minimum absolute atomic E-state index is 0.355. The third-order valence-corrected chi connectivity index (χ3v) is 8.15. The van der Waals surface area contributed by atoms with Crippen molar-refractivity contribution in [3.63, 3.8) is 0 Å². The molecule has 40 heavy (non-hydrogen) atoms. The molecule has 4 aromatic carbocycles. The Morgan fingerprint density at radius 1 is 0.500 bits per heavy atom. The summed E-state index contributed by atoms with van der Waals surface area (Å²) in [7, 11) is -0.361. The molecule has 4 nitrogen and oxygen atoms in total. The van der Waals surface area contributed by atoms with E-state index in [1.165, 1.54) is 0 Å². The highest BCUT2D eigenvalue weighted by Gasteiger charge is 2.51. The predicted octanol–water partition coefficient (Wildman–Crippen LogP) is 7.75. The summed E-state index contributed by atoms with van der Waals surface area (Å²) >= 11 is 0. The molecule has 198 valence electrons. The third kappa shape index (κ3) is 4.87. The smallest absolute Gasteiger partial charge is 0.399 e. The van der Waals surface area contributed by atoms with Gasteiger partial charge in [-0.1, -0.05) is 109 Å². The molecule has 1 fully saturated rings. The molecule has 0 aliphatic carbocycles. The fraction of sp³-hybridized carbons (Fsp3) is 0.200. The Balaban J connectivity index is 1.32. The largest absolute Gasteiger partial charge is 0.494 e. The summed E-state index contributed by atoms with van der Waals surface area (Å²) < 4.78 is 12.4. The first-order valence-electron chi connectivity index (χ1n) is 13.8. The van der Waals surface area contributed by atoms with Gasteiger partial charge in [0, 0.05) is 22.3 Å². The molecule has 0 radical (unpaired) electrons. The first-order chi connectivity index (χ1) is 19.2. The van der Waals surface area contributed by atoms with Crippen LogP contribution in [0.4, 0.5) is 0 Å². The second-order valence-corrected chi connectivity index (χ2v) is 11.4. The lowest BCUT2D eigenvalue weighted by atomic mass is 9.78. The second kappa shape index (κ2) is 10.2. The van der Waals surface area contributed by atoms with E-state index in [2.05, 4.69) is 107 Å². The lowest BCUT2D eigenvalue weighted by molar-refractivity contribution is 0.00578. The Morgan fingerprint density at radius 3 is 1.40 bits per heavy atom. The SMILES string of the molecule is Cc1c(-c2ccccc2)nc(-c2ccccc2)nc1-c1ccc(-c2ccc(B3OC(C)(C)C(C)(C)O3)cc2)cc1. The second-order valence-electron chi connectivity index (χ2n) is 11.4. The maximum absolute atomic E-state index is 6.22. The average molecular weight is 524 g/mol. The predicted molar refractivity (Wildman–Crippen MR) is 164 cm³/mol. The minimum Gasteiger partial charge on any atom is -0.399 e. The van der Waals surface area contributed by atoms with Gasteiger partial charge in [-0.2, -0.15) is 0 Å². The van der Waals surface area contributed by atoms with E-state index in [9.17, 15) is 0 Å². The van der Waals surface area contributed by atoms with Gasteiger partial charge in [-0.05, 0) is 51.2 Å². The van der Waals surface area contributed by atoms with Gasteiger partial charge >= 0.3 is 7.12 Å². The Bertz CT molecular complexity index is 1620. The van der Waals surface area contributed by atoms with Crippen molar-refractivity contribution in [2.45, 2.75) is 45.8 Å². The third-order valence-electron chi connectivity index (χ3n) is 8.15. The van der Waals surface area contributed by atoms with Crippen LogP contribution in [0.15, 0.2) is 109 Å². The molecule has 2 heterocycles. The van der Waals surface area contributed by atoms with Crippen molar-refractivity contribution in [3.05, 3.63) is 115 Å². The highest BCUT2D eigenvalue weighted by molar-refractivity contribution is 6.62. The van der Waals surface area contributed by atoms with Crippen molar-refractivity contribution in [2.24, 2.45) is 0 Å². The van der Waals surface area contributed by atoms with E-state index < -0.39 is 0 Å². The van der Waals surface area contributed by atoms with Crippen LogP contribution in [0.3, 0.4) is 0 Å². The summed E-state index contributed by atoms with van der Waals surface area (Å²) in [5.41, 5.74) is 8.69. The van der Waals surface area contributed by atoms with Gasteiger partial charge in [0.15, 0.2) is 5.82 Å². The topological polar surface area (TPSA) is 44.2 Å². The van der Waals surface area contributed by atoms with Crippen molar-refractivity contribution in [3.8, 4) is 45.0 Å². The van der Waals surface area contributed by atoms with Crippen LogP contribution in [0.2, 0.25) is 0 Å². The zero-order valence-corrected chi connectivity index (χ0v) is 23.7. The van der Waals surface area contributed by atoms with E-state index in [1.807, 2.05) is 36.4 Å². The molecular weight excluding hydrogens is 491 g/mol. The molecule has 5 heteroatoms. The van der Waals surface area contributed by atoms with Crippen LogP contribution in [0, 0.1) is 6.92 Å². The van der Waals surface area contributed by atoms with Crippen molar-refractivity contribution in [2.75, 3.05) is 0 Å². The number of benzene rings is 4. The monoisotopic (exact) mass is 524 g/mol. The van der Waals surface area contributed by atoms with Crippen LogP contribution in [0.5, 0.6) is 0 Å². The maximum atomic E-state index is 6.22. The Morgan fingerprint density at radius 2 is 0.900 bits per heavy atom. The maximum Gasteiger partial charge on any atom is 0.494 e. The molecule has 0 spiro atoms. The summed E-state index contributed by atoms with van der Waals surface area (Å²) in [6, 6.07) is 37.6. The molecule has 0 atom stereocenters. The van der Waals surface area contributed by atoms with Gasteiger partial charge in [0.25, 0.3) is 0 Å². The highest BCUT2D eigenvalue weighted by atomic mass is 16.7. The molecule has 1 aromatic heterocycles. The summed E-state index contributed by atoms with van der Waals surface area (Å²) in [6.45, 7) is 10.4. The number of nitrogens with zero attached hydrogens (tertiary/aromatic N) is 2. The molecule has 0 N–H and O–H groups in total. The quantitative estimate of drug-likeness (QED) is 0.221. The van der Waals surface area contributed by atoms with Crippen LogP contribution in [-0.4, -0.2) is 28.3 Å². The van der Waals surface area contributed by atoms with Crippen LogP contribution < -0.4 is 5.46 Å². The van der Waals surface area contributed by atoms with Gasteiger partial charge in [-0.15, -0.1) is 0 Å². The van der Waals surface area contributed by atoms with Crippen molar-refractivity contribution < 1.29 is 9.31 Å². The van der Waals surface area contributed by atoms with Gasteiger partial charge in [0.1, 0.15) is 0 Å². The molecular formula is C35H33BN2O2. The first-order valence-corrected chi connectivity index (χ1v) is 13.8. The first kappa shape index (κ1) is 26.2. The zero-order valence-electron chi connectivity index (χ0n) is 23.7. The molecule has 1 aliphatic heterocycles. The lowest BCUT2D eigenvalue weighted by Gasteiger charge is -2.32. The van der Waals surface area contributed by atoms with Gasteiger partial charge < -0.3 is 9.31 Å². The molecule has 0 amide bonds. The summed E-state index contributed by atoms with van der Waals surface area (Å²) in [6.07, 6.45) is 0. The van der Waals surface area contributed by atoms with Crippen LogP contribution >= 0.6 is 0 Å². The van der Waals surface area contributed by atoms with Gasteiger partial charge in [0.05, 0.1) is 22.6 Å². The van der Waals surface area contributed by atoms with E-state index in [4.69, 9.17) is 19.3 Å². The van der Waals surface area contributed by atoms with E-state index in [0.29, 0.717) is 0 Å². The number of aromatic nitrogens is 2. The van der Waals surface area contributed by atoms with Crippen molar-refractivity contribution >= 4 is 12.6 Å². The van der Waals surface area contributed by atoms with Crippen molar-refractivity contribution in [1.82, 2.24) is 9.97 Å². The Hall–Kier alpha value is -4.06. The van der Waals surface area contributed by atoms with Crippen molar-refractivity contribution in [1.29, 1.82) is 0 Å². The molecule has 0 bridgehead atoms. The normalized spacial score (nSPS) is 15.8. The highest BCUT2D eigenvalue weighted by Crippen LogP contribution is 2.37. The number of rotatable bonds is 5. The van der Waals surface area contributed by atoms with Gasteiger partial charge in [-0.3, -0.25) is 0 Å². The van der Waals surface area contributed by atoms with E-state index in [0.717, 1.165) is 56.1 Å². The van der Waals surface area contributed by atoms with Crippen LogP contribution in [-0.2, 0) is 9.31 Å². The lowest BCUT2D eigenvalue weighted by Crippen LogP contribution is -2.41. The Labute approximate surface area is 237 Å². The molecule has 1 saturated heterocycles. The van der Waals surface area contributed by atoms with E-state index in [1.54, 1.807) is 0 Å². The minimum atomic E-state index is -0.361. The summed E-state index contributed by atoms with van der Waals surface area (Å²) in [5, 5.41) is 0. The van der Waals surface area contributed by atoms with Crippen LogP contribution in [0.25, 0.3) is 45.0 Å². The van der Waals surface area contributed by atoms with Crippen LogP contribution in [0.1, 0.15) is 33.3 Å². The molecule has 0 unspecified atom stereocenters. The zero-order chi connectivity index (χ0) is 27.9. The van der Waals surface area contributed by atoms with Gasteiger partial charge in [-0.25, -0.2) is 9.97 Å². The molecule has 5 aromatic rings. The fourth-order valence-corrected chi connectivity index (χ4v) is 5.02.